The van der Waals surface area contributed by atoms with Gasteiger partial charge < -0.3 is 14.7 Å². The highest BCUT2D eigenvalue weighted by atomic mass is 16.5. The van der Waals surface area contributed by atoms with Crippen LogP contribution in [0.25, 0.3) is 11.1 Å². The van der Waals surface area contributed by atoms with Crippen molar-refractivity contribution in [2.24, 2.45) is 0 Å². The van der Waals surface area contributed by atoms with Gasteiger partial charge >= 0.3 is 0 Å². The summed E-state index contributed by atoms with van der Waals surface area (Å²) in [5, 5.41) is 10.6. The summed E-state index contributed by atoms with van der Waals surface area (Å²) in [7, 11) is 0. The minimum Gasteiger partial charge on any atom is -0.491 e. The van der Waals surface area contributed by atoms with E-state index in [2.05, 4.69) is 29.2 Å². The number of hydrogen-bond donors (Lipinski definition) is 1. The first-order chi connectivity index (χ1) is 16.7. The number of likely N-dealkylation sites (tertiary alicyclic amines) is 1. The largest absolute Gasteiger partial charge is 0.491 e. The minimum absolute atomic E-state index is 0.107. The van der Waals surface area contributed by atoms with E-state index in [1.165, 1.54) is 11.1 Å². The first-order valence-corrected chi connectivity index (χ1v) is 12.3. The third-order valence-electron chi connectivity index (χ3n) is 6.79. The highest BCUT2D eigenvalue weighted by molar-refractivity contribution is 5.95. The van der Waals surface area contributed by atoms with Crippen molar-refractivity contribution < 1.29 is 14.6 Å². The summed E-state index contributed by atoms with van der Waals surface area (Å²) in [6.45, 7) is 4.35. The van der Waals surface area contributed by atoms with Crippen LogP contribution in [0.1, 0.15) is 34.3 Å². The smallest absolute Gasteiger partial charge is 0.253 e. The van der Waals surface area contributed by atoms with Gasteiger partial charge in [-0.25, -0.2) is 0 Å². The van der Waals surface area contributed by atoms with Crippen LogP contribution in [0.5, 0.6) is 5.75 Å². The van der Waals surface area contributed by atoms with Gasteiger partial charge in [-0.2, -0.15) is 0 Å². The number of carbonyl (C=O) groups is 1. The Hall–Kier alpha value is -3.15. The summed E-state index contributed by atoms with van der Waals surface area (Å²) >= 11 is 0. The number of aliphatic hydroxyl groups is 1. The van der Waals surface area contributed by atoms with E-state index < -0.39 is 6.10 Å². The molecule has 176 valence electrons. The zero-order valence-corrected chi connectivity index (χ0v) is 19.5. The predicted molar refractivity (Wildman–Crippen MR) is 134 cm³/mol. The van der Waals surface area contributed by atoms with Crippen molar-refractivity contribution in [1.82, 2.24) is 9.80 Å². The molecular weight excluding hydrogens is 424 g/mol. The third-order valence-corrected chi connectivity index (χ3v) is 6.79. The van der Waals surface area contributed by atoms with Crippen LogP contribution in [-0.4, -0.2) is 59.7 Å². The van der Waals surface area contributed by atoms with Gasteiger partial charge in [0.25, 0.3) is 5.91 Å². The van der Waals surface area contributed by atoms with Crippen LogP contribution in [0.15, 0.2) is 72.8 Å². The molecule has 0 aromatic heterocycles. The number of benzene rings is 3. The molecule has 2 aliphatic heterocycles. The van der Waals surface area contributed by atoms with Gasteiger partial charge in [-0.05, 0) is 65.8 Å². The highest BCUT2D eigenvalue weighted by Crippen LogP contribution is 2.26. The van der Waals surface area contributed by atoms with Crippen molar-refractivity contribution in [3.05, 3.63) is 89.5 Å². The molecule has 3 aromatic rings. The quantitative estimate of drug-likeness (QED) is 0.573. The molecule has 5 heteroatoms. The zero-order chi connectivity index (χ0) is 23.3. The number of rotatable bonds is 7. The Morgan fingerprint density at radius 3 is 2.44 bits per heavy atom. The fraction of sp³-hybridized carbons (Fsp3) is 0.345. The minimum atomic E-state index is -0.560. The Morgan fingerprint density at radius 2 is 1.62 bits per heavy atom. The molecule has 0 radical (unpaired) electrons. The number of nitrogens with zero attached hydrogens (tertiary/aromatic N) is 2. The fourth-order valence-electron chi connectivity index (χ4n) is 4.95. The molecule has 1 fully saturated rings. The molecule has 3 aromatic carbocycles. The van der Waals surface area contributed by atoms with Gasteiger partial charge in [0.1, 0.15) is 18.5 Å². The molecule has 1 atom stereocenters. The summed E-state index contributed by atoms with van der Waals surface area (Å²) in [4.78, 5) is 17.0. The van der Waals surface area contributed by atoms with E-state index in [0.29, 0.717) is 6.54 Å². The second-order valence-electron chi connectivity index (χ2n) is 9.33. The maximum Gasteiger partial charge on any atom is 0.253 e. The molecule has 0 saturated carbocycles. The molecule has 2 heterocycles. The third kappa shape index (κ3) is 5.32. The van der Waals surface area contributed by atoms with Crippen molar-refractivity contribution >= 4 is 5.91 Å². The average molecular weight is 457 g/mol. The molecule has 2 aliphatic rings. The molecule has 1 N–H and O–H groups in total. The van der Waals surface area contributed by atoms with Crippen molar-refractivity contribution in [2.75, 3.05) is 32.8 Å². The van der Waals surface area contributed by atoms with Gasteiger partial charge in [0.05, 0.1) is 0 Å². The standard InChI is InChI=1S/C29H32N2O3/c32-27(20-30-16-13-22-7-1-2-8-26(22)19-30)21-34-28-12-6-10-24(18-28)23-9-5-11-25(17-23)29(33)31-14-3-4-15-31/h1-2,5-12,17-18,27,32H,3-4,13-16,19-21H2. The Morgan fingerprint density at radius 1 is 0.882 bits per heavy atom. The first-order valence-electron chi connectivity index (χ1n) is 12.3. The topological polar surface area (TPSA) is 53.0 Å². The van der Waals surface area contributed by atoms with E-state index in [1.807, 2.05) is 53.4 Å². The van der Waals surface area contributed by atoms with Gasteiger partial charge in [-0.15, -0.1) is 0 Å². The lowest BCUT2D eigenvalue weighted by Gasteiger charge is -2.30. The Labute approximate surface area is 201 Å². The maximum atomic E-state index is 12.8. The first kappa shape index (κ1) is 22.6. The van der Waals surface area contributed by atoms with E-state index in [0.717, 1.165) is 67.9 Å². The normalized spacial score (nSPS) is 16.8. The average Bonchev–Trinajstić information content (AvgIpc) is 3.42. The number of ether oxygens (including phenoxy) is 1. The Balaban J connectivity index is 1.19. The van der Waals surface area contributed by atoms with Crippen LogP contribution in [0.2, 0.25) is 0 Å². The number of carbonyl (C=O) groups excluding carboxylic acids is 1. The zero-order valence-electron chi connectivity index (χ0n) is 19.5. The van der Waals surface area contributed by atoms with E-state index >= 15 is 0 Å². The summed E-state index contributed by atoms with van der Waals surface area (Å²) < 4.78 is 5.95. The van der Waals surface area contributed by atoms with Gasteiger partial charge in [0.15, 0.2) is 0 Å². The Kier molecular flexibility index (Phi) is 6.93. The van der Waals surface area contributed by atoms with Crippen LogP contribution >= 0.6 is 0 Å². The van der Waals surface area contributed by atoms with E-state index in [-0.39, 0.29) is 12.5 Å². The molecule has 0 spiro atoms. The molecule has 0 aliphatic carbocycles. The number of hydrogen-bond acceptors (Lipinski definition) is 4. The monoisotopic (exact) mass is 456 g/mol. The summed E-state index contributed by atoms with van der Waals surface area (Å²) in [6, 6.07) is 24.2. The van der Waals surface area contributed by atoms with Crippen LogP contribution < -0.4 is 4.74 Å². The number of amides is 1. The van der Waals surface area contributed by atoms with Gasteiger partial charge in [-0.3, -0.25) is 9.69 Å². The van der Waals surface area contributed by atoms with Crippen molar-refractivity contribution in [2.45, 2.75) is 31.9 Å². The summed E-state index contributed by atoms with van der Waals surface area (Å²) in [5.74, 6) is 0.826. The second kappa shape index (κ2) is 10.4. The maximum absolute atomic E-state index is 12.8. The molecule has 1 unspecified atom stereocenters. The van der Waals surface area contributed by atoms with Crippen molar-refractivity contribution in [1.29, 1.82) is 0 Å². The second-order valence-corrected chi connectivity index (χ2v) is 9.33. The molecule has 5 rings (SSSR count). The van der Waals surface area contributed by atoms with E-state index in [9.17, 15) is 9.90 Å². The number of fused-ring (bicyclic) bond motifs is 1. The van der Waals surface area contributed by atoms with Gasteiger partial charge in [0, 0.05) is 38.3 Å². The van der Waals surface area contributed by atoms with Crippen LogP contribution in [-0.2, 0) is 13.0 Å². The molecule has 0 bridgehead atoms. The van der Waals surface area contributed by atoms with Crippen LogP contribution in [0, 0.1) is 0 Å². The molecular formula is C29H32N2O3. The number of β-amino-alcohol motifs (C(OH)–C–C–N with tert-alkyl or cyclic N) is 1. The molecule has 5 nitrogen and oxygen atoms in total. The SMILES string of the molecule is O=C(c1cccc(-c2cccc(OCC(O)CN3CCc4ccccc4C3)c2)c1)N1CCCC1. The van der Waals surface area contributed by atoms with Crippen LogP contribution in [0.4, 0.5) is 0 Å². The number of aliphatic hydroxyl groups excluding tert-OH is 1. The fourth-order valence-corrected chi connectivity index (χ4v) is 4.95. The molecule has 34 heavy (non-hydrogen) atoms. The molecule has 1 saturated heterocycles. The van der Waals surface area contributed by atoms with Crippen molar-refractivity contribution in [3.8, 4) is 16.9 Å². The summed E-state index contributed by atoms with van der Waals surface area (Å²) in [5.41, 5.74) is 5.47. The predicted octanol–water partition coefficient (Wildman–Crippen LogP) is 4.39. The lowest BCUT2D eigenvalue weighted by Crippen LogP contribution is -2.38. The van der Waals surface area contributed by atoms with Gasteiger partial charge in [-0.1, -0.05) is 48.5 Å². The van der Waals surface area contributed by atoms with E-state index in [1.54, 1.807) is 0 Å². The van der Waals surface area contributed by atoms with Gasteiger partial charge in [0.2, 0.25) is 0 Å². The lowest BCUT2D eigenvalue weighted by molar-refractivity contribution is 0.0638. The van der Waals surface area contributed by atoms with E-state index in [4.69, 9.17) is 4.74 Å². The molecule has 1 amide bonds. The van der Waals surface area contributed by atoms with Crippen molar-refractivity contribution in [3.63, 3.8) is 0 Å². The van der Waals surface area contributed by atoms with Crippen LogP contribution in [0.3, 0.4) is 0 Å². The lowest BCUT2D eigenvalue weighted by atomic mass is 10.00. The highest BCUT2D eigenvalue weighted by Gasteiger charge is 2.20. The Bertz CT molecular complexity index is 1140. The summed E-state index contributed by atoms with van der Waals surface area (Å²) in [6.07, 6.45) is 2.63.